The van der Waals surface area contributed by atoms with Crippen molar-refractivity contribution in [2.75, 3.05) is 0 Å². The van der Waals surface area contributed by atoms with E-state index in [-0.39, 0.29) is 5.41 Å². The average molecular weight is 573 g/mol. The number of fused-ring (bicyclic) bond motifs is 7. The Morgan fingerprint density at radius 1 is 0.333 bits per heavy atom. The van der Waals surface area contributed by atoms with Crippen molar-refractivity contribution in [1.82, 2.24) is 0 Å². The summed E-state index contributed by atoms with van der Waals surface area (Å²) in [4.78, 5) is 0. The minimum Gasteiger partial charge on any atom is -0.0622 e. The van der Waals surface area contributed by atoms with Crippen molar-refractivity contribution in [3.8, 4) is 44.5 Å². The molecular formula is C45H32. The Morgan fingerprint density at radius 3 is 1.56 bits per heavy atom. The van der Waals surface area contributed by atoms with Crippen LogP contribution in [0.15, 0.2) is 158 Å². The molecular weight excluding hydrogens is 540 g/mol. The SMILES string of the molecule is CC1(C)c2ccc(-c3c4ccccc4c(-c4ccccc4-c4ccccc4)c4ccccc34)cc2-c2c1ccc1ccccc21. The highest BCUT2D eigenvalue weighted by Crippen LogP contribution is 2.53. The summed E-state index contributed by atoms with van der Waals surface area (Å²) >= 11 is 0. The molecule has 212 valence electrons. The first kappa shape index (κ1) is 26.0. The molecule has 0 nitrogen and oxygen atoms in total. The lowest BCUT2D eigenvalue weighted by molar-refractivity contribution is 0.661. The average Bonchev–Trinajstić information content (AvgIpc) is 3.33. The zero-order chi connectivity index (χ0) is 30.1. The van der Waals surface area contributed by atoms with E-state index in [1.165, 1.54) is 88.0 Å². The third kappa shape index (κ3) is 3.79. The first-order valence-electron chi connectivity index (χ1n) is 15.9. The fourth-order valence-electron chi connectivity index (χ4n) is 7.98. The Bertz CT molecular complexity index is 2390. The molecule has 0 unspecified atom stereocenters. The van der Waals surface area contributed by atoms with E-state index in [9.17, 15) is 0 Å². The van der Waals surface area contributed by atoms with E-state index in [0.717, 1.165) is 0 Å². The molecule has 0 heteroatoms. The van der Waals surface area contributed by atoms with Gasteiger partial charge in [-0.3, -0.25) is 0 Å². The van der Waals surface area contributed by atoms with Crippen LogP contribution in [0.4, 0.5) is 0 Å². The minimum absolute atomic E-state index is 0.0532. The van der Waals surface area contributed by atoms with E-state index < -0.39 is 0 Å². The molecule has 0 aliphatic heterocycles. The monoisotopic (exact) mass is 572 g/mol. The zero-order valence-corrected chi connectivity index (χ0v) is 25.5. The van der Waals surface area contributed by atoms with Crippen LogP contribution < -0.4 is 0 Å². The molecule has 8 aromatic carbocycles. The summed E-state index contributed by atoms with van der Waals surface area (Å²) < 4.78 is 0. The summed E-state index contributed by atoms with van der Waals surface area (Å²) in [5, 5.41) is 7.75. The highest BCUT2D eigenvalue weighted by Gasteiger charge is 2.36. The summed E-state index contributed by atoms with van der Waals surface area (Å²) in [5.74, 6) is 0. The first-order chi connectivity index (χ1) is 22.1. The van der Waals surface area contributed by atoms with Gasteiger partial charge in [-0.05, 0) is 94.0 Å². The summed E-state index contributed by atoms with van der Waals surface area (Å²) in [6.07, 6.45) is 0. The smallest absolute Gasteiger partial charge is 0.0159 e. The molecule has 0 fully saturated rings. The van der Waals surface area contributed by atoms with Gasteiger partial charge in [-0.2, -0.15) is 0 Å². The number of benzene rings is 8. The first-order valence-corrected chi connectivity index (χ1v) is 15.9. The van der Waals surface area contributed by atoms with Gasteiger partial charge in [0.1, 0.15) is 0 Å². The molecule has 9 rings (SSSR count). The normalized spacial score (nSPS) is 13.3. The van der Waals surface area contributed by atoms with Crippen molar-refractivity contribution in [2.24, 2.45) is 0 Å². The van der Waals surface area contributed by atoms with Crippen molar-refractivity contribution in [1.29, 1.82) is 0 Å². The molecule has 1 aliphatic rings. The van der Waals surface area contributed by atoms with Crippen LogP contribution in [0.2, 0.25) is 0 Å². The molecule has 0 aromatic heterocycles. The Labute approximate surface area is 264 Å². The second-order valence-corrected chi connectivity index (χ2v) is 12.8. The maximum absolute atomic E-state index is 2.47. The lowest BCUT2D eigenvalue weighted by atomic mass is 9.81. The second-order valence-electron chi connectivity index (χ2n) is 12.8. The maximum atomic E-state index is 2.47. The van der Waals surface area contributed by atoms with Crippen LogP contribution in [0.5, 0.6) is 0 Å². The fraction of sp³-hybridized carbons (Fsp3) is 0.0667. The topological polar surface area (TPSA) is 0 Å². The van der Waals surface area contributed by atoms with Gasteiger partial charge < -0.3 is 0 Å². The van der Waals surface area contributed by atoms with E-state index in [2.05, 4.69) is 172 Å². The van der Waals surface area contributed by atoms with Crippen LogP contribution in [-0.2, 0) is 5.41 Å². The maximum Gasteiger partial charge on any atom is 0.0159 e. The molecule has 45 heavy (non-hydrogen) atoms. The Morgan fingerprint density at radius 2 is 0.867 bits per heavy atom. The number of rotatable bonds is 3. The lowest BCUT2D eigenvalue weighted by Crippen LogP contribution is -2.14. The zero-order valence-electron chi connectivity index (χ0n) is 25.5. The largest absolute Gasteiger partial charge is 0.0622 e. The summed E-state index contributed by atoms with van der Waals surface area (Å²) in [5.41, 5.74) is 13.1. The second kappa shape index (κ2) is 9.78. The Kier molecular flexibility index (Phi) is 5.64. The molecule has 0 saturated heterocycles. The van der Waals surface area contributed by atoms with Crippen molar-refractivity contribution >= 4 is 32.3 Å². The van der Waals surface area contributed by atoms with Gasteiger partial charge in [0, 0.05) is 5.41 Å². The van der Waals surface area contributed by atoms with Crippen molar-refractivity contribution < 1.29 is 0 Å². The molecule has 0 heterocycles. The van der Waals surface area contributed by atoms with Crippen LogP contribution in [0.3, 0.4) is 0 Å². The quantitative estimate of drug-likeness (QED) is 0.185. The summed E-state index contributed by atoms with van der Waals surface area (Å²) in [6, 6.07) is 58.3. The van der Waals surface area contributed by atoms with Crippen molar-refractivity contribution in [2.45, 2.75) is 19.3 Å². The standard InChI is InChI=1S/C45H32/c1-45(2)40-26-25-31(28-39(40)44-33-18-7-6-16-30(33)24-27-41(44)45)42-35-20-10-12-22-37(35)43(38-23-13-11-21-36(38)42)34-19-9-8-17-32(34)29-14-4-3-5-15-29/h3-28H,1-2H3. The molecule has 0 bridgehead atoms. The Balaban J connectivity index is 1.36. The van der Waals surface area contributed by atoms with Gasteiger partial charge in [-0.25, -0.2) is 0 Å². The molecule has 0 radical (unpaired) electrons. The van der Waals surface area contributed by atoms with Gasteiger partial charge in [-0.1, -0.05) is 166 Å². The molecule has 0 amide bonds. The molecule has 0 N–H and O–H groups in total. The molecule has 0 spiro atoms. The third-order valence-electron chi connectivity index (χ3n) is 10.1. The summed E-state index contributed by atoms with van der Waals surface area (Å²) in [6.45, 7) is 4.74. The highest BCUT2D eigenvalue weighted by atomic mass is 14.4. The van der Waals surface area contributed by atoms with Crippen LogP contribution in [-0.4, -0.2) is 0 Å². The van der Waals surface area contributed by atoms with Gasteiger partial charge in [0.2, 0.25) is 0 Å². The van der Waals surface area contributed by atoms with Crippen LogP contribution in [0.1, 0.15) is 25.0 Å². The molecule has 1 aliphatic carbocycles. The molecule has 8 aromatic rings. The van der Waals surface area contributed by atoms with E-state index in [4.69, 9.17) is 0 Å². The van der Waals surface area contributed by atoms with Gasteiger partial charge in [-0.15, -0.1) is 0 Å². The fourth-order valence-corrected chi connectivity index (χ4v) is 7.98. The summed E-state index contributed by atoms with van der Waals surface area (Å²) in [7, 11) is 0. The van der Waals surface area contributed by atoms with Crippen molar-refractivity contribution in [3.63, 3.8) is 0 Å². The van der Waals surface area contributed by atoms with E-state index in [1.54, 1.807) is 0 Å². The Hall–Kier alpha value is -5.46. The van der Waals surface area contributed by atoms with Crippen LogP contribution in [0, 0.1) is 0 Å². The third-order valence-corrected chi connectivity index (χ3v) is 10.1. The minimum atomic E-state index is -0.0532. The lowest BCUT2D eigenvalue weighted by Gasteiger charge is -2.22. The van der Waals surface area contributed by atoms with E-state index in [0.29, 0.717) is 0 Å². The van der Waals surface area contributed by atoms with Gasteiger partial charge in [0.05, 0.1) is 0 Å². The predicted octanol–water partition coefficient (Wildman–Crippen LogP) is 12.5. The van der Waals surface area contributed by atoms with E-state index in [1.807, 2.05) is 0 Å². The molecule has 0 saturated carbocycles. The number of hydrogen-bond acceptors (Lipinski definition) is 0. The van der Waals surface area contributed by atoms with Crippen molar-refractivity contribution in [3.05, 3.63) is 169 Å². The van der Waals surface area contributed by atoms with E-state index >= 15 is 0 Å². The molecule has 0 atom stereocenters. The predicted molar refractivity (Wildman–Crippen MR) is 193 cm³/mol. The number of hydrogen-bond donors (Lipinski definition) is 0. The highest BCUT2D eigenvalue weighted by molar-refractivity contribution is 6.22. The van der Waals surface area contributed by atoms with Crippen LogP contribution >= 0.6 is 0 Å². The van der Waals surface area contributed by atoms with Crippen LogP contribution in [0.25, 0.3) is 76.8 Å². The van der Waals surface area contributed by atoms with Gasteiger partial charge in [0.15, 0.2) is 0 Å². The van der Waals surface area contributed by atoms with Gasteiger partial charge in [0.25, 0.3) is 0 Å². The van der Waals surface area contributed by atoms with Gasteiger partial charge >= 0.3 is 0 Å².